The second-order valence-corrected chi connectivity index (χ2v) is 9.11. The molecule has 1 amide bonds. The monoisotopic (exact) mass is 467 g/mol. The molecule has 0 aromatic heterocycles. The standard InChI is InChI=1S/C24H21NO7S/c26-23-14-17(16-31-20-10-6-18(7-11-20)24(27)28)15-25(23)19-8-12-21(13-9-19)32-33(29,30)22-4-2-1-3-5-22/h1-13,17H,14-16H2,(H,27,28). The summed E-state index contributed by atoms with van der Waals surface area (Å²) in [7, 11) is -3.94. The molecule has 4 rings (SSSR count). The fourth-order valence-corrected chi connectivity index (χ4v) is 4.45. The van der Waals surface area contributed by atoms with Crippen LogP contribution in [0, 0.1) is 5.92 Å². The van der Waals surface area contributed by atoms with Crippen molar-refractivity contribution in [2.45, 2.75) is 11.3 Å². The van der Waals surface area contributed by atoms with Gasteiger partial charge >= 0.3 is 16.1 Å². The van der Waals surface area contributed by atoms with E-state index >= 15 is 0 Å². The Morgan fingerprint density at radius 3 is 2.21 bits per heavy atom. The van der Waals surface area contributed by atoms with Gasteiger partial charge in [0.2, 0.25) is 5.91 Å². The number of aromatic carboxylic acids is 1. The molecule has 1 aliphatic rings. The lowest BCUT2D eigenvalue weighted by molar-refractivity contribution is -0.117. The molecular weight excluding hydrogens is 446 g/mol. The molecule has 1 heterocycles. The number of carboxylic acid groups (broad SMARTS) is 1. The van der Waals surface area contributed by atoms with E-state index in [0.29, 0.717) is 31.0 Å². The maximum Gasteiger partial charge on any atom is 0.339 e. The first-order valence-corrected chi connectivity index (χ1v) is 11.6. The summed E-state index contributed by atoms with van der Waals surface area (Å²) in [6, 6.07) is 20.3. The fourth-order valence-electron chi connectivity index (χ4n) is 3.49. The Bertz CT molecular complexity index is 1240. The van der Waals surface area contributed by atoms with Crippen LogP contribution in [0.1, 0.15) is 16.8 Å². The highest BCUT2D eigenvalue weighted by Crippen LogP contribution is 2.28. The van der Waals surface area contributed by atoms with Crippen molar-refractivity contribution in [3.8, 4) is 11.5 Å². The molecule has 1 fully saturated rings. The van der Waals surface area contributed by atoms with Crippen LogP contribution in [-0.4, -0.2) is 38.6 Å². The number of benzene rings is 3. The summed E-state index contributed by atoms with van der Waals surface area (Å²) in [6.45, 7) is 0.764. The van der Waals surface area contributed by atoms with Crippen molar-refractivity contribution in [2.24, 2.45) is 5.92 Å². The quantitative estimate of drug-likeness (QED) is 0.504. The van der Waals surface area contributed by atoms with Gasteiger partial charge < -0.3 is 18.9 Å². The first-order chi connectivity index (χ1) is 15.8. The van der Waals surface area contributed by atoms with Gasteiger partial charge in [0.05, 0.1) is 12.2 Å². The van der Waals surface area contributed by atoms with Crippen molar-refractivity contribution in [1.82, 2.24) is 0 Å². The van der Waals surface area contributed by atoms with Crippen LogP contribution in [0.5, 0.6) is 11.5 Å². The predicted octanol–water partition coefficient (Wildman–Crippen LogP) is 3.58. The molecular formula is C24H21NO7S. The van der Waals surface area contributed by atoms with Gasteiger partial charge in [0.25, 0.3) is 0 Å². The zero-order valence-corrected chi connectivity index (χ0v) is 18.3. The molecule has 170 valence electrons. The van der Waals surface area contributed by atoms with Gasteiger partial charge in [-0.05, 0) is 60.7 Å². The van der Waals surface area contributed by atoms with Gasteiger partial charge in [0.1, 0.15) is 16.4 Å². The summed E-state index contributed by atoms with van der Waals surface area (Å²) < 4.78 is 35.6. The van der Waals surface area contributed by atoms with Crippen molar-refractivity contribution in [1.29, 1.82) is 0 Å². The zero-order chi connectivity index (χ0) is 23.4. The molecule has 1 aliphatic heterocycles. The lowest BCUT2D eigenvalue weighted by Gasteiger charge is -2.17. The van der Waals surface area contributed by atoms with Crippen LogP contribution >= 0.6 is 0 Å². The Labute approximate surface area is 191 Å². The van der Waals surface area contributed by atoms with Crippen LogP contribution in [-0.2, 0) is 14.9 Å². The molecule has 0 radical (unpaired) electrons. The molecule has 8 nitrogen and oxygen atoms in total. The van der Waals surface area contributed by atoms with E-state index in [1.165, 1.54) is 36.4 Å². The number of anilines is 1. The molecule has 3 aromatic carbocycles. The lowest BCUT2D eigenvalue weighted by atomic mass is 10.1. The third kappa shape index (κ3) is 5.32. The average Bonchev–Trinajstić information content (AvgIpc) is 3.19. The van der Waals surface area contributed by atoms with Gasteiger partial charge in [-0.3, -0.25) is 4.79 Å². The maximum absolute atomic E-state index is 12.5. The van der Waals surface area contributed by atoms with Crippen LogP contribution in [0.4, 0.5) is 5.69 Å². The van der Waals surface area contributed by atoms with Crippen molar-refractivity contribution in [2.75, 3.05) is 18.1 Å². The summed E-state index contributed by atoms with van der Waals surface area (Å²) in [4.78, 5) is 25.1. The van der Waals surface area contributed by atoms with E-state index in [1.54, 1.807) is 47.4 Å². The molecule has 3 aromatic rings. The van der Waals surface area contributed by atoms with E-state index < -0.39 is 16.1 Å². The van der Waals surface area contributed by atoms with Crippen LogP contribution in [0.25, 0.3) is 0 Å². The SMILES string of the molecule is O=C(O)c1ccc(OCC2CC(=O)N(c3ccc(OS(=O)(=O)c4ccccc4)cc3)C2)cc1. The first kappa shape index (κ1) is 22.3. The topological polar surface area (TPSA) is 110 Å². The third-order valence-electron chi connectivity index (χ3n) is 5.18. The number of carboxylic acids is 1. The van der Waals surface area contributed by atoms with Gasteiger partial charge in [0.15, 0.2) is 0 Å². The smallest absolute Gasteiger partial charge is 0.339 e. The van der Waals surface area contributed by atoms with E-state index in [4.69, 9.17) is 14.0 Å². The maximum atomic E-state index is 12.5. The predicted molar refractivity (Wildman–Crippen MR) is 120 cm³/mol. The van der Waals surface area contributed by atoms with Crippen LogP contribution in [0.3, 0.4) is 0 Å². The van der Waals surface area contributed by atoms with Crippen LogP contribution < -0.4 is 13.8 Å². The number of amides is 1. The van der Waals surface area contributed by atoms with Gasteiger partial charge in [-0.2, -0.15) is 8.42 Å². The van der Waals surface area contributed by atoms with Crippen molar-refractivity contribution in [3.05, 3.63) is 84.4 Å². The van der Waals surface area contributed by atoms with Crippen LogP contribution in [0.2, 0.25) is 0 Å². The highest BCUT2D eigenvalue weighted by molar-refractivity contribution is 7.87. The van der Waals surface area contributed by atoms with E-state index in [-0.39, 0.29) is 28.0 Å². The van der Waals surface area contributed by atoms with Gasteiger partial charge in [-0.25, -0.2) is 4.79 Å². The summed E-state index contributed by atoms with van der Waals surface area (Å²) in [5.41, 5.74) is 0.811. The largest absolute Gasteiger partial charge is 0.493 e. The van der Waals surface area contributed by atoms with Gasteiger partial charge in [-0.15, -0.1) is 0 Å². The number of rotatable bonds is 8. The van der Waals surface area contributed by atoms with Gasteiger partial charge in [-0.1, -0.05) is 18.2 Å². The summed E-state index contributed by atoms with van der Waals surface area (Å²) in [6.07, 6.45) is 0.313. The first-order valence-electron chi connectivity index (χ1n) is 10.2. The Balaban J connectivity index is 1.35. The molecule has 0 bridgehead atoms. The summed E-state index contributed by atoms with van der Waals surface area (Å²) in [5, 5.41) is 8.95. The minimum absolute atomic E-state index is 0.0361. The molecule has 1 saturated heterocycles. The molecule has 33 heavy (non-hydrogen) atoms. The Morgan fingerprint density at radius 2 is 1.58 bits per heavy atom. The minimum atomic E-state index is -3.94. The molecule has 0 spiro atoms. The summed E-state index contributed by atoms with van der Waals surface area (Å²) in [5.74, 6) is -0.417. The van der Waals surface area contributed by atoms with E-state index in [1.807, 2.05) is 0 Å². The minimum Gasteiger partial charge on any atom is -0.493 e. The molecule has 1 atom stereocenters. The second kappa shape index (κ2) is 9.33. The Morgan fingerprint density at radius 1 is 0.939 bits per heavy atom. The van der Waals surface area contributed by atoms with Crippen molar-refractivity contribution >= 4 is 27.7 Å². The average molecular weight is 467 g/mol. The fraction of sp³-hybridized carbons (Fsp3) is 0.167. The highest BCUT2D eigenvalue weighted by atomic mass is 32.2. The number of carbonyl (C=O) groups is 2. The Hall–Kier alpha value is -3.85. The van der Waals surface area contributed by atoms with Crippen LogP contribution in [0.15, 0.2) is 83.8 Å². The number of nitrogens with zero attached hydrogens (tertiary/aromatic N) is 1. The van der Waals surface area contributed by atoms with E-state index in [2.05, 4.69) is 0 Å². The molecule has 1 N–H and O–H groups in total. The third-order valence-corrected chi connectivity index (χ3v) is 6.44. The number of ether oxygens (including phenoxy) is 1. The second-order valence-electron chi connectivity index (χ2n) is 7.56. The molecule has 1 unspecified atom stereocenters. The van der Waals surface area contributed by atoms with E-state index in [0.717, 1.165) is 0 Å². The number of hydrogen-bond donors (Lipinski definition) is 1. The number of carbonyl (C=O) groups excluding carboxylic acids is 1. The number of hydrogen-bond acceptors (Lipinski definition) is 6. The van der Waals surface area contributed by atoms with Gasteiger partial charge in [0, 0.05) is 24.6 Å². The molecule has 9 heteroatoms. The van der Waals surface area contributed by atoms with E-state index in [9.17, 15) is 18.0 Å². The lowest BCUT2D eigenvalue weighted by Crippen LogP contribution is -2.25. The molecule has 0 saturated carbocycles. The molecule has 0 aliphatic carbocycles. The van der Waals surface area contributed by atoms with Crippen molar-refractivity contribution < 1.29 is 32.0 Å². The normalized spacial score (nSPS) is 15.9. The van der Waals surface area contributed by atoms with Crippen molar-refractivity contribution in [3.63, 3.8) is 0 Å². The summed E-state index contributed by atoms with van der Waals surface area (Å²) >= 11 is 0. The zero-order valence-electron chi connectivity index (χ0n) is 17.5. The highest BCUT2D eigenvalue weighted by Gasteiger charge is 2.31. The Kier molecular flexibility index (Phi) is 6.32.